The number of amides is 2. The van der Waals surface area contributed by atoms with E-state index in [0.717, 1.165) is 4.90 Å². The van der Waals surface area contributed by atoms with Crippen LogP contribution in [-0.4, -0.2) is 22.7 Å². The third-order valence-electron chi connectivity index (χ3n) is 2.01. The lowest BCUT2D eigenvalue weighted by molar-refractivity contribution is 0.0818. The first-order valence-electron chi connectivity index (χ1n) is 4.83. The number of hydrogen-bond acceptors (Lipinski definition) is 2. The Bertz CT molecular complexity index is 409. The van der Waals surface area contributed by atoms with Gasteiger partial charge >= 0.3 is 5.37 Å². The Morgan fingerprint density at radius 3 is 2.50 bits per heavy atom. The number of rotatable bonds is 3. The van der Waals surface area contributed by atoms with Gasteiger partial charge in [-0.15, -0.1) is 0 Å². The van der Waals surface area contributed by atoms with E-state index in [1.807, 2.05) is 6.92 Å². The van der Waals surface area contributed by atoms with Crippen molar-refractivity contribution in [1.82, 2.24) is 4.90 Å². The van der Waals surface area contributed by atoms with Crippen LogP contribution in [0.5, 0.6) is 0 Å². The number of imide groups is 1. The topological polar surface area (TPSA) is 37.4 Å². The van der Waals surface area contributed by atoms with Gasteiger partial charge in [-0.2, -0.15) is 0 Å². The summed E-state index contributed by atoms with van der Waals surface area (Å²) in [5.74, 6) is -0.380. The van der Waals surface area contributed by atoms with Crippen LogP contribution in [0.4, 0.5) is 4.79 Å². The molecule has 0 saturated carbocycles. The molecule has 16 heavy (non-hydrogen) atoms. The lowest BCUT2D eigenvalue weighted by atomic mass is 10.2. The Labute approximate surface area is 108 Å². The number of nitrogens with zero attached hydrogens (tertiary/aromatic N) is 1. The molecule has 5 heteroatoms. The first kappa shape index (κ1) is 13.2. The van der Waals surface area contributed by atoms with Gasteiger partial charge in [-0.05, 0) is 46.1 Å². The van der Waals surface area contributed by atoms with Crippen molar-refractivity contribution in [2.24, 2.45) is 0 Å². The fourth-order valence-corrected chi connectivity index (χ4v) is 1.89. The SMILES string of the molecule is CCCN(C(=O)Cl)C(=O)c1ccccc1Br. The maximum atomic E-state index is 12.0. The molecule has 1 aromatic rings. The highest BCUT2D eigenvalue weighted by molar-refractivity contribution is 9.10. The Kier molecular flexibility index (Phi) is 4.96. The van der Waals surface area contributed by atoms with E-state index in [2.05, 4.69) is 15.9 Å². The number of benzene rings is 1. The van der Waals surface area contributed by atoms with Crippen molar-refractivity contribution in [2.45, 2.75) is 13.3 Å². The van der Waals surface area contributed by atoms with Crippen molar-refractivity contribution in [3.63, 3.8) is 0 Å². The molecule has 0 aliphatic heterocycles. The average molecular weight is 305 g/mol. The summed E-state index contributed by atoms with van der Waals surface area (Å²) in [6.45, 7) is 2.20. The summed E-state index contributed by atoms with van der Waals surface area (Å²) in [6, 6.07) is 6.93. The van der Waals surface area contributed by atoms with Crippen LogP contribution in [0.25, 0.3) is 0 Å². The van der Waals surface area contributed by atoms with Gasteiger partial charge in [-0.3, -0.25) is 14.5 Å². The second-order valence-electron chi connectivity index (χ2n) is 3.19. The van der Waals surface area contributed by atoms with Crippen molar-refractivity contribution < 1.29 is 9.59 Å². The van der Waals surface area contributed by atoms with Crippen molar-refractivity contribution in [3.8, 4) is 0 Å². The van der Waals surface area contributed by atoms with Crippen molar-refractivity contribution in [1.29, 1.82) is 0 Å². The monoisotopic (exact) mass is 303 g/mol. The minimum atomic E-state index is -0.748. The fraction of sp³-hybridized carbons (Fsp3) is 0.273. The van der Waals surface area contributed by atoms with E-state index in [9.17, 15) is 9.59 Å². The molecule has 1 aromatic carbocycles. The van der Waals surface area contributed by atoms with E-state index in [1.54, 1.807) is 24.3 Å². The van der Waals surface area contributed by atoms with Gasteiger partial charge < -0.3 is 0 Å². The van der Waals surface area contributed by atoms with Crippen molar-refractivity contribution in [3.05, 3.63) is 34.3 Å². The molecular formula is C11H11BrClNO2. The van der Waals surface area contributed by atoms with Gasteiger partial charge in [-0.25, -0.2) is 0 Å². The fourth-order valence-electron chi connectivity index (χ4n) is 1.27. The molecule has 0 radical (unpaired) electrons. The maximum absolute atomic E-state index is 12.0. The van der Waals surface area contributed by atoms with Crippen LogP contribution in [0, 0.1) is 0 Å². The van der Waals surface area contributed by atoms with Gasteiger partial charge in [0.05, 0.1) is 5.56 Å². The molecule has 0 atom stereocenters. The molecule has 0 N–H and O–H groups in total. The molecule has 2 amide bonds. The van der Waals surface area contributed by atoms with Crippen molar-refractivity contribution in [2.75, 3.05) is 6.54 Å². The molecule has 0 bridgehead atoms. The Morgan fingerprint density at radius 2 is 2.00 bits per heavy atom. The van der Waals surface area contributed by atoms with Gasteiger partial charge in [0.15, 0.2) is 0 Å². The highest BCUT2D eigenvalue weighted by Crippen LogP contribution is 2.18. The van der Waals surface area contributed by atoms with E-state index in [0.29, 0.717) is 23.0 Å². The summed E-state index contributed by atoms with van der Waals surface area (Å²) >= 11 is 8.63. The van der Waals surface area contributed by atoms with Gasteiger partial charge in [0.25, 0.3) is 5.91 Å². The number of carbonyl (C=O) groups excluding carboxylic acids is 2. The second-order valence-corrected chi connectivity index (χ2v) is 4.37. The van der Waals surface area contributed by atoms with E-state index in [-0.39, 0.29) is 5.91 Å². The van der Waals surface area contributed by atoms with Gasteiger partial charge in [0.2, 0.25) is 0 Å². The number of carbonyl (C=O) groups is 2. The van der Waals surface area contributed by atoms with Crippen molar-refractivity contribution >= 4 is 38.8 Å². The first-order valence-corrected chi connectivity index (χ1v) is 6.01. The molecule has 86 valence electrons. The maximum Gasteiger partial charge on any atom is 0.323 e. The summed E-state index contributed by atoms with van der Waals surface area (Å²) in [5.41, 5.74) is 0.435. The molecule has 0 saturated heterocycles. The lowest BCUT2D eigenvalue weighted by Crippen LogP contribution is -2.34. The summed E-state index contributed by atoms with van der Waals surface area (Å²) in [4.78, 5) is 24.1. The van der Waals surface area contributed by atoms with Crippen LogP contribution in [0.3, 0.4) is 0 Å². The van der Waals surface area contributed by atoms with Crippen LogP contribution in [0.15, 0.2) is 28.7 Å². The van der Waals surface area contributed by atoms with Crippen LogP contribution in [0.2, 0.25) is 0 Å². The molecule has 0 aliphatic carbocycles. The zero-order valence-electron chi connectivity index (χ0n) is 8.74. The number of hydrogen-bond donors (Lipinski definition) is 0. The predicted molar refractivity (Wildman–Crippen MR) is 66.7 cm³/mol. The zero-order chi connectivity index (χ0) is 12.1. The Hall–Kier alpha value is -0.870. The van der Waals surface area contributed by atoms with E-state index < -0.39 is 5.37 Å². The second kappa shape index (κ2) is 6.01. The summed E-state index contributed by atoms with van der Waals surface area (Å²) in [5, 5.41) is -0.748. The zero-order valence-corrected chi connectivity index (χ0v) is 11.1. The predicted octanol–water partition coefficient (Wildman–Crippen LogP) is 3.66. The summed E-state index contributed by atoms with van der Waals surface area (Å²) < 4.78 is 0.652. The molecule has 0 aromatic heterocycles. The first-order chi connectivity index (χ1) is 7.57. The Morgan fingerprint density at radius 1 is 1.38 bits per heavy atom. The van der Waals surface area contributed by atoms with Gasteiger partial charge in [0.1, 0.15) is 0 Å². The lowest BCUT2D eigenvalue weighted by Gasteiger charge is -2.17. The van der Waals surface area contributed by atoms with Crippen LogP contribution in [0.1, 0.15) is 23.7 Å². The normalized spacial score (nSPS) is 9.94. The van der Waals surface area contributed by atoms with E-state index in [4.69, 9.17) is 11.6 Å². The molecule has 0 fully saturated rings. The minimum Gasteiger partial charge on any atom is -0.269 e. The quantitative estimate of drug-likeness (QED) is 0.631. The summed E-state index contributed by atoms with van der Waals surface area (Å²) in [7, 11) is 0. The smallest absolute Gasteiger partial charge is 0.269 e. The van der Waals surface area contributed by atoms with E-state index >= 15 is 0 Å². The highest BCUT2D eigenvalue weighted by Gasteiger charge is 2.21. The minimum absolute atomic E-state index is 0.322. The third-order valence-corrected chi connectivity index (χ3v) is 2.90. The van der Waals surface area contributed by atoms with Crippen LogP contribution >= 0.6 is 27.5 Å². The van der Waals surface area contributed by atoms with Gasteiger partial charge in [-0.1, -0.05) is 19.1 Å². The third kappa shape index (κ3) is 3.06. The average Bonchev–Trinajstić information content (AvgIpc) is 2.25. The molecule has 0 aliphatic rings. The largest absolute Gasteiger partial charge is 0.323 e. The molecule has 0 heterocycles. The number of halogens is 2. The molecule has 0 spiro atoms. The van der Waals surface area contributed by atoms with Gasteiger partial charge in [0, 0.05) is 11.0 Å². The summed E-state index contributed by atoms with van der Waals surface area (Å²) in [6.07, 6.45) is 0.675. The van der Waals surface area contributed by atoms with Crippen LogP contribution < -0.4 is 0 Å². The molecule has 3 nitrogen and oxygen atoms in total. The molecule has 1 rings (SSSR count). The van der Waals surface area contributed by atoms with E-state index in [1.165, 1.54) is 0 Å². The molecule has 0 unspecified atom stereocenters. The molecular weight excluding hydrogens is 293 g/mol. The Balaban J connectivity index is 2.99. The standard InChI is InChI=1S/C11H11BrClNO2/c1-2-7-14(11(13)16)10(15)8-5-3-4-6-9(8)12/h3-6H,2,7H2,1H3. The highest BCUT2D eigenvalue weighted by atomic mass is 79.9. The van der Waals surface area contributed by atoms with Crippen LogP contribution in [-0.2, 0) is 0 Å².